The lowest BCUT2D eigenvalue weighted by Crippen LogP contribution is -2.12. The molecule has 0 saturated carbocycles. The highest BCUT2D eigenvalue weighted by molar-refractivity contribution is 5.51. The third-order valence-electron chi connectivity index (χ3n) is 2.48. The minimum absolute atomic E-state index is 0.443. The molecule has 0 unspecified atom stereocenters. The quantitative estimate of drug-likeness (QED) is 0.488. The van der Waals surface area contributed by atoms with E-state index in [0.717, 1.165) is 0 Å². The van der Waals surface area contributed by atoms with Gasteiger partial charge in [-0.15, -0.1) is 0 Å². The van der Waals surface area contributed by atoms with E-state index in [1.165, 1.54) is 0 Å². The van der Waals surface area contributed by atoms with Crippen LogP contribution >= 0.6 is 0 Å². The molecule has 0 aromatic heterocycles. The fourth-order valence-electron chi connectivity index (χ4n) is 1.48. The monoisotopic (exact) mass is 285 g/mol. The second-order valence-corrected chi connectivity index (χ2v) is 3.98. The van der Waals surface area contributed by atoms with Gasteiger partial charge < -0.3 is 29.4 Å². The SMILES string of the molecule is COCCOCCOCCOc1ccc(N)cc1OC. The Balaban J connectivity index is 2.09. The molecule has 1 aromatic rings. The lowest BCUT2D eigenvalue weighted by molar-refractivity contribution is 0.0178. The zero-order valence-corrected chi connectivity index (χ0v) is 12.1. The van der Waals surface area contributed by atoms with E-state index >= 15 is 0 Å². The molecule has 0 bridgehead atoms. The van der Waals surface area contributed by atoms with E-state index in [1.54, 1.807) is 32.4 Å². The first-order valence-corrected chi connectivity index (χ1v) is 6.48. The van der Waals surface area contributed by atoms with Gasteiger partial charge in [-0.1, -0.05) is 0 Å². The summed E-state index contributed by atoms with van der Waals surface area (Å²) in [5, 5.41) is 0. The summed E-state index contributed by atoms with van der Waals surface area (Å²) in [6, 6.07) is 5.27. The standard InChI is InChI=1S/C14H23NO5/c1-16-5-6-18-7-8-19-9-10-20-13-4-3-12(15)11-14(13)17-2/h3-4,11H,5-10,15H2,1-2H3. The second-order valence-electron chi connectivity index (χ2n) is 3.98. The Morgan fingerprint density at radius 1 is 0.850 bits per heavy atom. The molecule has 6 heteroatoms. The number of anilines is 1. The molecule has 2 N–H and O–H groups in total. The summed E-state index contributed by atoms with van der Waals surface area (Å²) < 4.78 is 26.2. The van der Waals surface area contributed by atoms with Crippen LogP contribution in [0, 0.1) is 0 Å². The number of benzene rings is 1. The van der Waals surface area contributed by atoms with Crippen LogP contribution < -0.4 is 15.2 Å². The van der Waals surface area contributed by atoms with Crippen molar-refractivity contribution in [1.29, 1.82) is 0 Å². The van der Waals surface area contributed by atoms with Crippen LogP contribution in [0.4, 0.5) is 5.69 Å². The molecule has 0 radical (unpaired) electrons. The van der Waals surface area contributed by atoms with E-state index < -0.39 is 0 Å². The van der Waals surface area contributed by atoms with E-state index in [0.29, 0.717) is 56.8 Å². The Labute approximate surface area is 119 Å². The number of hydrogen-bond donors (Lipinski definition) is 1. The smallest absolute Gasteiger partial charge is 0.162 e. The number of nitrogens with two attached hydrogens (primary N) is 1. The van der Waals surface area contributed by atoms with Gasteiger partial charge in [0.1, 0.15) is 6.61 Å². The molecule has 0 saturated heterocycles. The molecule has 0 aliphatic heterocycles. The summed E-state index contributed by atoms with van der Waals surface area (Å²) in [5.41, 5.74) is 6.30. The number of nitrogen functional groups attached to an aromatic ring is 1. The van der Waals surface area contributed by atoms with Crippen LogP contribution in [0.2, 0.25) is 0 Å². The van der Waals surface area contributed by atoms with Crippen molar-refractivity contribution in [2.24, 2.45) is 0 Å². The first-order valence-electron chi connectivity index (χ1n) is 6.48. The van der Waals surface area contributed by atoms with Crippen molar-refractivity contribution in [1.82, 2.24) is 0 Å². The molecule has 0 spiro atoms. The summed E-state index contributed by atoms with van der Waals surface area (Å²) in [6.45, 7) is 3.19. The van der Waals surface area contributed by atoms with Crippen LogP contribution in [0.1, 0.15) is 0 Å². The molecule has 0 heterocycles. The molecular formula is C14H23NO5. The van der Waals surface area contributed by atoms with Crippen molar-refractivity contribution in [3.8, 4) is 11.5 Å². The zero-order valence-electron chi connectivity index (χ0n) is 12.1. The maximum Gasteiger partial charge on any atom is 0.162 e. The molecule has 0 aliphatic rings. The number of ether oxygens (including phenoxy) is 5. The number of rotatable bonds is 11. The minimum Gasteiger partial charge on any atom is -0.493 e. The van der Waals surface area contributed by atoms with Crippen LogP contribution in [0.5, 0.6) is 11.5 Å². The van der Waals surface area contributed by atoms with E-state index in [2.05, 4.69) is 0 Å². The molecule has 20 heavy (non-hydrogen) atoms. The van der Waals surface area contributed by atoms with Crippen molar-refractivity contribution < 1.29 is 23.7 Å². The molecule has 0 amide bonds. The summed E-state index contributed by atoms with van der Waals surface area (Å²) in [6.07, 6.45) is 0. The summed E-state index contributed by atoms with van der Waals surface area (Å²) >= 11 is 0. The van der Waals surface area contributed by atoms with Crippen molar-refractivity contribution in [2.45, 2.75) is 0 Å². The van der Waals surface area contributed by atoms with Crippen molar-refractivity contribution in [2.75, 3.05) is 59.6 Å². The van der Waals surface area contributed by atoms with Gasteiger partial charge in [0.2, 0.25) is 0 Å². The summed E-state index contributed by atoms with van der Waals surface area (Å²) in [5.74, 6) is 1.27. The highest BCUT2D eigenvalue weighted by atomic mass is 16.6. The summed E-state index contributed by atoms with van der Waals surface area (Å²) in [4.78, 5) is 0. The van der Waals surface area contributed by atoms with Crippen LogP contribution in [-0.2, 0) is 14.2 Å². The lowest BCUT2D eigenvalue weighted by Gasteiger charge is -2.11. The fraction of sp³-hybridized carbons (Fsp3) is 0.571. The van der Waals surface area contributed by atoms with Gasteiger partial charge in [0, 0.05) is 18.9 Å². The van der Waals surface area contributed by atoms with E-state index in [1.807, 2.05) is 0 Å². The maximum absolute atomic E-state index is 5.66. The predicted molar refractivity (Wildman–Crippen MR) is 76.4 cm³/mol. The molecule has 6 nitrogen and oxygen atoms in total. The Hall–Kier alpha value is -1.50. The van der Waals surface area contributed by atoms with Crippen LogP contribution in [0.3, 0.4) is 0 Å². The Morgan fingerprint density at radius 2 is 1.50 bits per heavy atom. The number of methoxy groups -OCH3 is 2. The Bertz CT molecular complexity index is 373. The van der Waals surface area contributed by atoms with Gasteiger partial charge in [-0.05, 0) is 12.1 Å². The maximum atomic E-state index is 5.66. The van der Waals surface area contributed by atoms with Gasteiger partial charge in [0.25, 0.3) is 0 Å². The van der Waals surface area contributed by atoms with Gasteiger partial charge in [0.05, 0.1) is 40.1 Å². The minimum atomic E-state index is 0.443. The second kappa shape index (κ2) is 10.3. The first-order chi connectivity index (χ1) is 9.77. The van der Waals surface area contributed by atoms with Crippen LogP contribution in [0.15, 0.2) is 18.2 Å². The third kappa shape index (κ3) is 6.60. The van der Waals surface area contributed by atoms with Gasteiger partial charge in [-0.3, -0.25) is 0 Å². The van der Waals surface area contributed by atoms with Gasteiger partial charge in [0.15, 0.2) is 11.5 Å². The highest BCUT2D eigenvalue weighted by Crippen LogP contribution is 2.28. The van der Waals surface area contributed by atoms with Crippen LogP contribution in [-0.4, -0.2) is 53.9 Å². The van der Waals surface area contributed by atoms with Crippen molar-refractivity contribution >= 4 is 5.69 Å². The molecule has 1 rings (SSSR count). The average Bonchev–Trinajstić information content (AvgIpc) is 2.46. The van der Waals surface area contributed by atoms with E-state index in [9.17, 15) is 0 Å². The molecule has 1 aromatic carbocycles. The molecule has 0 fully saturated rings. The van der Waals surface area contributed by atoms with E-state index in [-0.39, 0.29) is 0 Å². The topological polar surface area (TPSA) is 72.2 Å². The third-order valence-corrected chi connectivity index (χ3v) is 2.48. The fourth-order valence-corrected chi connectivity index (χ4v) is 1.48. The van der Waals surface area contributed by atoms with Crippen molar-refractivity contribution in [3.63, 3.8) is 0 Å². The lowest BCUT2D eigenvalue weighted by atomic mass is 10.3. The van der Waals surface area contributed by atoms with Gasteiger partial charge >= 0.3 is 0 Å². The first kappa shape index (κ1) is 16.6. The zero-order chi connectivity index (χ0) is 14.6. The van der Waals surface area contributed by atoms with E-state index in [4.69, 9.17) is 29.4 Å². The highest BCUT2D eigenvalue weighted by Gasteiger charge is 2.04. The van der Waals surface area contributed by atoms with Gasteiger partial charge in [-0.25, -0.2) is 0 Å². The predicted octanol–water partition coefficient (Wildman–Crippen LogP) is 1.34. The molecule has 0 aliphatic carbocycles. The van der Waals surface area contributed by atoms with Crippen LogP contribution in [0.25, 0.3) is 0 Å². The van der Waals surface area contributed by atoms with Crippen molar-refractivity contribution in [3.05, 3.63) is 18.2 Å². The van der Waals surface area contributed by atoms with Gasteiger partial charge in [-0.2, -0.15) is 0 Å². The Morgan fingerprint density at radius 3 is 2.15 bits per heavy atom. The molecule has 114 valence electrons. The summed E-state index contributed by atoms with van der Waals surface area (Å²) in [7, 11) is 3.22. The largest absolute Gasteiger partial charge is 0.493 e. The normalized spacial score (nSPS) is 10.5. The average molecular weight is 285 g/mol. The number of hydrogen-bond acceptors (Lipinski definition) is 6. The molecular weight excluding hydrogens is 262 g/mol. The molecule has 0 atom stereocenters. The Kier molecular flexibility index (Phi) is 8.53.